The summed E-state index contributed by atoms with van der Waals surface area (Å²) in [4.78, 5) is 25.8. The zero-order chi connectivity index (χ0) is 25.0. The molecule has 9 heteroatoms. The van der Waals surface area contributed by atoms with Crippen LogP contribution in [0.1, 0.15) is 36.3 Å². The van der Waals surface area contributed by atoms with Crippen LogP contribution in [0.5, 0.6) is 0 Å². The molecular formula is C26H30ClN5O2S. The van der Waals surface area contributed by atoms with E-state index in [-0.39, 0.29) is 11.6 Å². The number of hydrogen-bond acceptors (Lipinski definition) is 6. The Labute approximate surface area is 214 Å². The topological polar surface area (TPSA) is 74.1 Å². The highest BCUT2D eigenvalue weighted by atomic mass is 35.5. The zero-order valence-corrected chi connectivity index (χ0v) is 21.8. The summed E-state index contributed by atoms with van der Waals surface area (Å²) >= 11 is 7.47. The number of halogens is 1. The Kier molecular flexibility index (Phi) is 7.98. The average molecular weight is 512 g/mol. The number of rotatable bonds is 10. The Morgan fingerprint density at radius 3 is 2.57 bits per heavy atom. The molecule has 0 spiro atoms. The first-order chi connectivity index (χ1) is 16.7. The molecule has 1 atom stereocenters. The van der Waals surface area contributed by atoms with E-state index >= 15 is 0 Å². The minimum atomic E-state index is -0.403. The number of nitrogens with zero attached hydrogens (tertiary/aromatic N) is 5. The van der Waals surface area contributed by atoms with Crippen molar-refractivity contribution in [3.8, 4) is 0 Å². The molecule has 1 aromatic carbocycles. The minimum absolute atomic E-state index is 0.0402. The third kappa shape index (κ3) is 6.34. The lowest BCUT2D eigenvalue weighted by Crippen LogP contribution is -2.43. The molecule has 184 valence electrons. The normalized spacial score (nSPS) is 13.0. The summed E-state index contributed by atoms with van der Waals surface area (Å²) in [5, 5.41) is 15.4. The molecule has 0 N–H and O–H groups in total. The lowest BCUT2D eigenvalue weighted by Gasteiger charge is -2.38. The maximum atomic E-state index is 13.6. The second kappa shape index (κ2) is 11.0. The fraction of sp³-hybridized carbons (Fsp3) is 0.346. The van der Waals surface area contributed by atoms with Gasteiger partial charge in [-0.2, -0.15) is 0 Å². The number of hydroxylamine groups is 3. The van der Waals surface area contributed by atoms with E-state index in [1.807, 2.05) is 47.8 Å². The van der Waals surface area contributed by atoms with E-state index in [1.165, 1.54) is 11.3 Å². The third-order valence-corrected chi connectivity index (χ3v) is 7.05. The van der Waals surface area contributed by atoms with Gasteiger partial charge in [-0.3, -0.25) is 14.3 Å². The number of likely N-dealkylation sites (N-methyl/N-ethyl adjacent to an activating group) is 1. The Balaban J connectivity index is 1.79. The second-order valence-corrected chi connectivity index (χ2v) is 10.4. The molecule has 1 unspecified atom stereocenters. The Morgan fingerprint density at radius 1 is 1.14 bits per heavy atom. The Morgan fingerprint density at radius 2 is 1.91 bits per heavy atom. The minimum Gasteiger partial charge on any atom is -0.633 e. The van der Waals surface area contributed by atoms with Crippen molar-refractivity contribution in [1.82, 2.24) is 19.4 Å². The van der Waals surface area contributed by atoms with E-state index in [1.54, 1.807) is 30.9 Å². The molecule has 0 radical (unpaired) electrons. The van der Waals surface area contributed by atoms with Gasteiger partial charge < -0.3 is 9.85 Å². The molecule has 0 aliphatic rings. The van der Waals surface area contributed by atoms with Gasteiger partial charge in [-0.1, -0.05) is 54.9 Å². The first kappa shape index (κ1) is 25.5. The highest BCUT2D eigenvalue weighted by Gasteiger charge is 2.26. The average Bonchev–Trinajstić information content (AvgIpc) is 3.30. The number of quaternary nitrogens is 1. The molecule has 0 bridgehead atoms. The fourth-order valence-electron chi connectivity index (χ4n) is 4.19. The monoisotopic (exact) mass is 511 g/mol. The van der Waals surface area contributed by atoms with Gasteiger partial charge in [-0.05, 0) is 35.1 Å². The predicted molar refractivity (Wildman–Crippen MR) is 142 cm³/mol. The molecular weight excluding hydrogens is 482 g/mol. The van der Waals surface area contributed by atoms with E-state index in [2.05, 4.69) is 16.8 Å². The van der Waals surface area contributed by atoms with Crippen LogP contribution in [0.2, 0.25) is 5.15 Å². The van der Waals surface area contributed by atoms with Crippen LogP contribution in [0.3, 0.4) is 0 Å². The Bertz CT molecular complexity index is 1320. The zero-order valence-electron chi connectivity index (χ0n) is 20.2. The second-order valence-electron chi connectivity index (χ2n) is 9.17. The fourth-order valence-corrected chi connectivity index (χ4v) is 5.06. The number of aromatic nitrogens is 3. The van der Waals surface area contributed by atoms with Gasteiger partial charge in [0.05, 0.1) is 38.6 Å². The lowest BCUT2D eigenvalue weighted by molar-refractivity contribution is -0.839. The van der Waals surface area contributed by atoms with Crippen LogP contribution in [0.25, 0.3) is 10.2 Å². The van der Waals surface area contributed by atoms with Crippen LogP contribution in [0.15, 0.2) is 64.9 Å². The standard InChI is InChI=1S/C26H30ClN5O2S/c1-4-22(30(13-14-32(2,3)34)17-20-10-11-23(27)28-16-20)24-29-25-21(12-15-35-25)26(33)31(24)18-19-8-6-5-7-9-19/h5-12,15-16,22H,4,13-14,17-18H2,1-3H3. The molecule has 3 heterocycles. The molecule has 3 aromatic heterocycles. The van der Waals surface area contributed by atoms with E-state index in [0.717, 1.165) is 28.2 Å². The van der Waals surface area contributed by atoms with Crippen LogP contribution in [0, 0.1) is 5.21 Å². The highest BCUT2D eigenvalue weighted by molar-refractivity contribution is 7.16. The molecule has 0 aliphatic carbocycles. The van der Waals surface area contributed by atoms with Crippen molar-refractivity contribution in [2.24, 2.45) is 0 Å². The summed E-state index contributed by atoms with van der Waals surface area (Å²) in [6.07, 6.45) is 2.48. The lowest BCUT2D eigenvalue weighted by atomic mass is 10.1. The molecule has 0 saturated carbocycles. The quantitative estimate of drug-likeness (QED) is 0.168. The van der Waals surface area contributed by atoms with Crippen LogP contribution < -0.4 is 5.56 Å². The van der Waals surface area contributed by atoms with Gasteiger partial charge in [0.1, 0.15) is 15.8 Å². The summed E-state index contributed by atoms with van der Waals surface area (Å²) in [7, 11) is 3.29. The SMILES string of the molecule is CCC(c1nc2sccc2c(=O)n1Cc1ccccc1)N(CC[N+](C)(C)[O-])Cc1ccc(Cl)nc1. The van der Waals surface area contributed by atoms with Crippen LogP contribution in [-0.4, -0.2) is 51.3 Å². The summed E-state index contributed by atoms with van der Waals surface area (Å²) < 4.78 is 1.39. The summed E-state index contributed by atoms with van der Waals surface area (Å²) in [5.74, 6) is 0.717. The van der Waals surface area contributed by atoms with Crippen molar-refractivity contribution < 1.29 is 4.65 Å². The number of thiophene rings is 1. The summed E-state index contributed by atoms with van der Waals surface area (Å²) in [5.41, 5.74) is 1.98. The molecule has 0 aliphatic heterocycles. The number of pyridine rings is 1. The number of fused-ring (bicyclic) bond motifs is 1. The van der Waals surface area contributed by atoms with Gasteiger partial charge in [0, 0.05) is 19.3 Å². The molecule has 4 rings (SSSR count). The van der Waals surface area contributed by atoms with Crippen molar-refractivity contribution in [3.05, 3.63) is 97.8 Å². The van der Waals surface area contributed by atoms with Crippen molar-refractivity contribution in [3.63, 3.8) is 0 Å². The van der Waals surface area contributed by atoms with Crippen LogP contribution >= 0.6 is 22.9 Å². The van der Waals surface area contributed by atoms with Gasteiger partial charge in [0.25, 0.3) is 5.56 Å². The molecule has 4 aromatic rings. The van der Waals surface area contributed by atoms with Gasteiger partial charge in [0.2, 0.25) is 0 Å². The Hall–Kier alpha value is -2.62. The van der Waals surface area contributed by atoms with Crippen molar-refractivity contribution >= 4 is 33.2 Å². The van der Waals surface area contributed by atoms with Gasteiger partial charge >= 0.3 is 0 Å². The van der Waals surface area contributed by atoms with Gasteiger partial charge in [-0.15, -0.1) is 11.3 Å². The maximum absolute atomic E-state index is 13.6. The van der Waals surface area contributed by atoms with Gasteiger partial charge in [0.15, 0.2) is 0 Å². The van der Waals surface area contributed by atoms with Crippen LogP contribution in [0.4, 0.5) is 0 Å². The number of hydrogen-bond donors (Lipinski definition) is 0. The largest absolute Gasteiger partial charge is 0.633 e. The molecule has 0 saturated heterocycles. The highest BCUT2D eigenvalue weighted by Crippen LogP contribution is 2.27. The molecule has 0 amide bonds. The summed E-state index contributed by atoms with van der Waals surface area (Å²) in [6, 6.07) is 15.3. The van der Waals surface area contributed by atoms with Crippen LogP contribution in [-0.2, 0) is 13.1 Å². The van der Waals surface area contributed by atoms with Crippen molar-refractivity contribution in [2.45, 2.75) is 32.5 Å². The van der Waals surface area contributed by atoms with Crippen molar-refractivity contribution in [1.29, 1.82) is 0 Å². The van der Waals surface area contributed by atoms with E-state index in [4.69, 9.17) is 16.6 Å². The molecule has 7 nitrogen and oxygen atoms in total. The van der Waals surface area contributed by atoms with E-state index < -0.39 is 4.65 Å². The number of benzene rings is 1. The van der Waals surface area contributed by atoms with E-state index in [0.29, 0.717) is 36.7 Å². The first-order valence-electron chi connectivity index (χ1n) is 11.7. The van der Waals surface area contributed by atoms with E-state index in [9.17, 15) is 10.0 Å². The molecule has 0 fully saturated rings. The first-order valence-corrected chi connectivity index (χ1v) is 12.9. The summed E-state index contributed by atoms with van der Waals surface area (Å²) in [6.45, 7) is 4.03. The third-order valence-electron chi connectivity index (χ3n) is 6.02. The predicted octanol–water partition coefficient (Wildman–Crippen LogP) is 5.08. The van der Waals surface area contributed by atoms with Gasteiger partial charge in [-0.25, -0.2) is 9.97 Å². The molecule has 35 heavy (non-hydrogen) atoms. The maximum Gasteiger partial charge on any atom is 0.262 e. The smallest absolute Gasteiger partial charge is 0.262 e. The van der Waals surface area contributed by atoms with Crippen molar-refractivity contribution in [2.75, 3.05) is 27.2 Å².